The summed E-state index contributed by atoms with van der Waals surface area (Å²) in [4.78, 5) is 5.73. The van der Waals surface area contributed by atoms with Crippen LogP contribution in [0.5, 0.6) is 0 Å². The highest BCUT2D eigenvalue weighted by atomic mass is 32.3. The summed E-state index contributed by atoms with van der Waals surface area (Å²) in [7, 11) is -1.13. The first-order valence-electron chi connectivity index (χ1n) is 15.6. The number of para-hydroxylation sites is 4. The van der Waals surface area contributed by atoms with Gasteiger partial charge in [0.25, 0.3) is 6.71 Å². The third-order valence-electron chi connectivity index (χ3n) is 10.4. The van der Waals surface area contributed by atoms with E-state index in [9.17, 15) is 0 Å². The molecule has 0 N–H and O–H groups in total. The first-order valence-corrected chi connectivity index (χ1v) is 18.5. The molecule has 2 aliphatic rings. The number of hydrogen-bond donors (Lipinski definition) is 0. The summed E-state index contributed by atoms with van der Waals surface area (Å²) in [6, 6.07) is 43.1. The summed E-state index contributed by atoms with van der Waals surface area (Å²) in [6.07, 6.45) is 7.12. The van der Waals surface area contributed by atoms with Crippen LogP contribution < -0.4 is 16.4 Å². The zero-order chi connectivity index (χ0) is 29.8. The first-order chi connectivity index (χ1) is 22.0. The molecule has 0 spiro atoms. The van der Waals surface area contributed by atoms with E-state index in [0.717, 1.165) is 5.52 Å². The van der Waals surface area contributed by atoms with Crippen LogP contribution in [0.3, 0.4) is 0 Å². The van der Waals surface area contributed by atoms with E-state index in [0.29, 0.717) is 0 Å². The van der Waals surface area contributed by atoms with Gasteiger partial charge in [-0.2, -0.15) is 0 Å². The Morgan fingerprint density at radius 1 is 0.533 bits per heavy atom. The highest BCUT2D eigenvalue weighted by Gasteiger charge is 2.42. The van der Waals surface area contributed by atoms with Gasteiger partial charge in [-0.25, -0.2) is 15.0 Å². The van der Waals surface area contributed by atoms with E-state index in [4.69, 9.17) is 4.98 Å². The smallest absolute Gasteiger partial charge is 0.252 e. The number of nitrogens with zero attached hydrogens (tertiary/aromatic N) is 3. The van der Waals surface area contributed by atoms with Crippen LogP contribution in [0.2, 0.25) is 0 Å². The Bertz CT molecular complexity index is 2820. The average molecular weight is 594 g/mol. The van der Waals surface area contributed by atoms with Crippen LogP contribution in [0, 0.1) is 0 Å². The predicted octanol–water partition coefficient (Wildman–Crippen LogP) is 7.78. The van der Waals surface area contributed by atoms with E-state index in [-0.39, 0.29) is 6.71 Å². The molecule has 0 unspecified atom stereocenters. The van der Waals surface area contributed by atoms with Gasteiger partial charge >= 0.3 is 0 Å². The van der Waals surface area contributed by atoms with Crippen molar-refractivity contribution in [3.05, 3.63) is 115 Å². The van der Waals surface area contributed by atoms with E-state index >= 15 is 0 Å². The van der Waals surface area contributed by atoms with Crippen molar-refractivity contribution >= 4 is 98.4 Å². The second-order valence-electron chi connectivity index (χ2n) is 13.5. The molecule has 0 fully saturated rings. The Morgan fingerprint density at radius 2 is 1.07 bits per heavy atom. The molecule has 5 heteroatoms. The maximum absolute atomic E-state index is 5.73. The molecule has 0 saturated carbocycles. The van der Waals surface area contributed by atoms with Gasteiger partial charge in [0, 0.05) is 49.0 Å². The average Bonchev–Trinajstić information content (AvgIpc) is 3.58. The van der Waals surface area contributed by atoms with Gasteiger partial charge in [-0.3, -0.25) is 0 Å². The monoisotopic (exact) mass is 593 g/mol. The normalized spacial score (nSPS) is 14.0. The molecule has 5 heterocycles. The second-order valence-corrected chi connectivity index (χ2v) is 17.5. The van der Waals surface area contributed by atoms with E-state index in [1.54, 1.807) is 0 Å². The van der Waals surface area contributed by atoms with Gasteiger partial charge in [0.2, 0.25) is 0 Å². The van der Waals surface area contributed by atoms with Crippen LogP contribution in [-0.4, -0.2) is 39.6 Å². The van der Waals surface area contributed by atoms with Gasteiger partial charge in [0.1, 0.15) is 0 Å². The van der Waals surface area contributed by atoms with Crippen molar-refractivity contribution in [2.45, 2.75) is 5.03 Å². The largest absolute Gasteiger partial charge is 0.310 e. The molecule has 45 heavy (non-hydrogen) atoms. The maximum Gasteiger partial charge on any atom is 0.252 e. The van der Waals surface area contributed by atoms with Gasteiger partial charge in [-0.1, -0.05) is 97.1 Å². The van der Waals surface area contributed by atoms with Crippen molar-refractivity contribution < 1.29 is 0 Å². The van der Waals surface area contributed by atoms with Crippen molar-refractivity contribution in [1.82, 2.24) is 14.1 Å². The Kier molecular flexibility index (Phi) is 4.32. The molecule has 11 rings (SSSR count). The molecular formula is C40H28BN3S. The lowest BCUT2D eigenvalue weighted by atomic mass is 9.34. The SMILES string of the molecule is CS(C)(C)c1nc2c3c4c(cc2c2ccccc12)-n1c2ccccc2c2cccc(c21)B4c1cccc2c4ccccc4n-3c12. The van der Waals surface area contributed by atoms with Crippen molar-refractivity contribution in [2.24, 2.45) is 0 Å². The molecule has 2 aliphatic heterocycles. The molecule has 3 nitrogen and oxygen atoms in total. The second kappa shape index (κ2) is 7.98. The minimum absolute atomic E-state index is 0.110. The molecule has 0 saturated heterocycles. The Morgan fingerprint density at radius 3 is 1.71 bits per heavy atom. The predicted molar refractivity (Wildman–Crippen MR) is 196 cm³/mol. The summed E-state index contributed by atoms with van der Waals surface area (Å²) in [5.74, 6) is 0. The fourth-order valence-electron chi connectivity index (χ4n) is 8.72. The van der Waals surface area contributed by atoms with Gasteiger partial charge in [0.15, 0.2) is 0 Å². The van der Waals surface area contributed by atoms with Gasteiger partial charge < -0.3 is 9.13 Å². The highest BCUT2D eigenvalue weighted by Crippen LogP contribution is 2.50. The Balaban J connectivity index is 1.48. The topological polar surface area (TPSA) is 22.8 Å². The lowest BCUT2D eigenvalue weighted by molar-refractivity contribution is 1.13. The van der Waals surface area contributed by atoms with E-state index in [1.807, 2.05) is 0 Å². The lowest BCUT2D eigenvalue weighted by Crippen LogP contribution is -2.59. The van der Waals surface area contributed by atoms with E-state index in [1.165, 1.54) is 92.6 Å². The zero-order valence-corrected chi connectivity index (χ0v) is 26.1. The molecule has 0 bridgehead atoms. The summed E-state index contributed by atoms with van der Waals surface area (Å²) in [5.41, 5.74) is 12.9. The Labute approximate surface area is 262 Å². The molecular weight excluding hydrogens is 565 g/mol. The zero-order valence-electron chi connectivity index (χ0n) is 25.3. The molecule has 0 atom stereocenters. The molecule has 3 aromatic heterocycles. The number of benzene rings is 6. The summed E-state index contributed by atoms with van der Waals surface area (Å²) in [6.45, 7) is 0.110. The molecule has 9 aromatic rings. The Hall–Kier alpha value is -5.00. The summed E-state index contributed by atoms with van der Waals surface area (Å²) < 4.78 is 5.13. The number of fused-ring (bicyclic) bond motifs is 14. The van der Waals surface area contributed by atoms with Gasteiger partial charge in [0.05, 0.1) is 27.3 Å². The molecule has 0 amide bonds. The van der Waals surface area contributed by atoms with Crippen LogP contribution in [0.25, 0.3) is 76.7 Å². The lowest BCUT2D eigenvalue weighted by Gasteiger charge is -2.35. The fourth-order valence-corrected chi connectivity index (χ4v) is 9.93. The third kappa shape index (κ3) is 2.80. The number of hydrogen-bond acceptors (Lipinski definition) is 1. The van der Waals surface area contributed by atoms with E-state index in [2.05, 4.69) is 143 Å². The molecule has 212 valence electrons. The van der Waals surface area contributed by atoms with Crippen molar-refractivity contribution in [3.63, 3.8) is 0 Å². The number of aromatic nitrogens is 3. The number of pyridine rings is 1. The summed E-state index contributed by atoms with van der Waals surface area (Å²) >= 11 is 0. The number of rotatable bonds is 1. The quantitative estimate of drug-likeness (QED) is 0.141. The van der Waals surface area contributed by atoms with Crippen LogP contribution >= 0.6 is 10.0 Å². The van der Waals surface area contributed by atoms with Crippen molar-refractivity contribution in [1.29, 1.82) is 0 Å². The summed E-state index contributed by atoms with van der Waals surface area (Å²) in [5, 5.41) is 10.2. The van der Waals surface area contributed by atoms with Crippen molar-refractivity contribution in [2.75, 3.05) is 18.8 Å². The van der Waals surface area contributed by atoms with Gasteiger partial charge in [-0.15, -0.1) is 0 Å². The minimum atomic E-state index is -1.13. The fraction of sp³-hybridized carbons (Fsp3) is 0.0750. The molecule has 6 aromatic carbocycles. The van der Waals surface area contributed by atoms with Crippen LogP contribution in [-0.2, 0) is 0 Å². The van der Waals surface area contributed by atoms with Crippen LogP contribution in [0.4, 0.5) is 0 Å². The first kappa shape index (κ1) is 24.3. The van der Waals surface area contributed by atoms with Crippen LogP contribution in [0.15, 0.2) is 120 Å². The maximum atomic E-state index is 5.73. The minimum Gasteiger partial charge on any atom is -0.310 e. The standard InChI is InChI=1S/C40H28BN3S/c1-45(2,3)40-28-15-5-4-12-23(28)29-22-34-35-39(36(29)42-40)44-33-21-9-7-14-25(33)27-17-11-19-31(38(27)44)41(35)30-18-10-16-26-24-13-6-8-20-32(24)43(34)37(26)30/h4-22H,1-3H3. The molecule has 0 aliphatic carbocycles. The van der Waals surface area contributed by atoms with Crippen molar-refractivity contribution in [3.8, 4) is 11.4 Å². The van der Waals surface area contributed by atoms with E-state index < -0.39 is 10.0 Å². The van der Waals surface area contributed by atoms with Gasteiger partial charge in [-0.05, 0) is 58.7 Å². The highest BCUT2D eigenvalue weighted by molar-refractivity contribution is 8.32. The molecule has 0 radical (unpaired) electrons. The third-order valence-corrected chi connectivity index (χ3v) is 11.8. The van der Waals surface area contributed by atoms with Crippen LogP contribution in [0.1, 0.15) is 0 Å².